The molecule has 1 atom stereocenters. The first-order valence-corrected chi connectivity index (χ1v) is 6.69. The molecule has 1 aromatic carbocycles. The number of nitrogens with one attached hydrogen (secondary N) is 1. The molecule has 3 nitrogen and oxygen atoms in total. The molecule has 0 aliphatic rings. The van der Waals surface area contributed by atoms with Gasteiger partial charge in [-0.25, -0.2) is 0 Å². The second-order valence-corrected chi connectivity index (χ2v) is 4.83. The fraction of sp³-hybridized carbons (Fsp3) is 0.462. The summed E-state index contributed by atoms with van der Waals surface area (Å²) < 4.78 is 1.06. The Kier molecular flexibility index (Phi) is 9.06. The zero-order valence-corrected chi connectivity index (χ0v) is 12.9. The number of amides is 1. The van der Waals surface area contributed by atoms with Crippen molar-refractivity contribution < 1.29 is 4.79 Å². The Morgan fingerprint density at radius 2 is 2.11 bits per heavy atom. The SMILES string of the molecule is CCC(Cc1ccccc1Br)C(=O)NCCN.Cl. The van der Waals surface area contributed by atoms with Gasteiger partial charge in [0, 0.05) is 23.5 Å². The maximum atomic E-state index is 11.9. The summed E-state index contributed by atoms with van der Waals surface area (Å²) in [7, 11) is 0. The average Bonchev–Trinajstić information content (AvgIpc) is 2.35. The maximum Gasteiger partial charge on any atom is 0.223 e. The van der Waals surface area contributed by atoms with Crippen LogP contribution < -0.4 is 11.1 Å². The fourth-order valence-electron chi connectivity index (χ4n) is 1.69. The van der Waals surface area contributed by atoms with Crippen molar-refractivity contribution in [2.24, 2.45) is 11.7 Å². The highest BCUT2D eigenvalue weighted by Crippen LogP contribution is 2.20. The van der Waals surface area contributed by atoms with Crippen molar-refractivity contribution in [2.75, 3.05) is 13.1 Å². The number of carbonyl (C=O) groups excluding carboxylic acids is 1. The smallest absolute Gasteiger partial charge is 0.223 e. The highest BCUT2D eigenvalue weighted by molar-refractivity contribution is 9.10. The Morgan fingerprint density at radius 3 is 2.67 bits per heavy atom. The van der Waals surface area contributed by atoms with Crippen molar-refractivity contribution in [1.82, 2.24) is 5.32 Å². The minimum absolute atomic E-state index is 0. The Bertz CT molecular complexity index is 374. The molecule has 5 heteroatoms. The summed E-state index contributed by atoms with van der Waals surface area (Å²) in [5.41, 5.74) is 6.54. The first-order chi connectivity index (χ1) is 8.19. The summed E-state index contributed by atoms with van der Waals surface area (Å²) in [4.78, 5) is 11.9. The van der Waals surface area contributed by atoms with E-state index in [0.29, 0.717) is 13.1 Å². The van der Waals surface area contributed by atoms with Crippen LogP contribution in [0.5, 0.6) is 0 Å². The van der Waals surface area contributed by atoms with Gasteiger partial charge < -0.3 is 11.1 Å². The number of halogens is 2. The third kappa shape index (κ3) is 5.38. The van der Waals surface area contributed by atoms with Gasteiger partial charge in [-0.2, -0.15) is 0 Å². The van der Waals surface area contributed by atoms with Crippen LogP contribution in [0, 0.1) is 5.92 Å². The number of benzene rings is 1. The van der Waals surface area contributed by atoms with Crippen LogP contribution >= 0.6 is 28.3 Å². The van der Waals surface area contributed by atoms with E-state index < -0.39 is 0 Å². The quantitative estimate of drug-likeness (QED) is 0.839. The molecule has 1 amide bonds. The molecular weight excluding hydrogens is 316 g/mol. The van der Waals surface area contributed by atoms with E-state index in [-0.39, 0.29) is 24.2 Å². The van der Waals surface area contributed by atoms with Gasteiger partial charge in [-0.3, -0.25) is 4.79 Å². The second kappa shape index (κ2) is 9.36. The molecule has 0 radical (unpaired) electrons. The van der Waals surface area contributed by atoms with E-state index in [4.69, 9.17) is 5.73 Å². The topological polar surface area (TPSA) is 55.1 Å². The van der Waals surface area contributed by atoms with E-state index in [1.54, 1.807) is 0 Å². The molecule has 1 rings (SSSR count). The van der Waals surface area contributed by atoms with Crippen molar-refractivity contribution >= 4 is 34.2 Å². The van der Waals surface area contributed by atoms with E-state index in [1.807, 2.05) is 31.2 Å². The van der Waals surface area contributed by atoms with Crippen LogP contribution in [-0.4, -0.2) is 19.0 Å². The molecule has 1 aromatic rings. The molecule has 0 saturated carbocycles. The molecular formula is C13H20BrClN2O. The summed E-state index contributed by atoms with van der Waals surface area (Å²) in [5.74, 6) is 0.106. The van der Waals surface area contributed by atoms with Gasteiger partial charge in [-0.15, -0.1) is 12.4 Å². The van der Waals surface area contributed by atoms with Crippen LogP contribution in [0.2, 0.25) is 0 Å². The standard InChI is InChI=1S/C13H19BrN2O.ClH/c1-2-10(13(17)16-8-7-15)9-11-5-3-4-6-12(11)14;/h3-6,10H,2,7-9,15H2,1H3,(H,16,17);1H. The number of rotatable bonds is 6. The zero-order chi connectivity index (χ0) is 12.7. The second-order valence-electron chi connectivity index (χ2n) is 3.98. The lowest BCUT2D eigenvalue weighted by atomic mass is 9.96. The minimum Gasteiger partial charge on any atom is -0.355 e. The number of hydrogen-bond donors (Lipinski definition) is 2. The molecule has 0 aliphatic carbocycles. The van der Waals surface area contributed by atoms with E-state index in [2.05, 4.69) is 21.2 Å². The van der Waals surface area contributed by atoms with Crippen LogP contribution in [0.15, 0.2) is 28.7 Å². The Morgan fingerprint density at radius 1 is 1.44 bits per heavy atom. The molecule has 0 aliphatic heterocycles. The van der Waals surface area contributed by atoms with Gasteiger partial charge in [-0.1, -0.05) is 41.1 Å². The third-order valence-electron chi connectivity index (χ3n) is 2.73. The van der Waals surface area contributed by atoms with Crippen molar-refractivity contribution in [2.45, 2.75) is 19.8 Å². The van der Waals surface area contributed by atoms with Gasteiger partial charge in [0.25, 0.3) is 0 Å². The summed E-state index contributed by atoms with van der Waals surface area (Å²) in [6.07, 6.45) is 1.59. The Labute approximate surface area is 123 Å². The molecule has 0 saturated heterocycles. The molecule has 0 fully saturated rings. The van der Waals surface area contributed by atoms with Crippen molar-refractivity contribution in [3.05, 3.63) is 34.3 Å². The van der Waals surface area contributed by atoms with Crippen LogP contribution in [0.1, 0.15) is 18.9 Å². The highest BCUT2D eigenvalue weighted by Gasteiger charge is 2.17. The van der Waals surface area contributed by atoms with Crippen molar-refractivity contribution in [3.63, 3.8) is 0 Å². The van der Waals surface area contributed by atoms with Crippen molar-refractivity contribution in [3.8, 4) is 0 Å². The van der Waals surface area contributed by atoms with E-state index in [1.165, 1.54) is 5.56 Å². The molecule has 0 aromatic heterocycles. The lowest BCUT2D eigenvalue weighted by Crippen LogP contribution is -2.35. The normalized spacial score (nSPS) is 11.5. The Balaban J connectivity index is 0.00000289. The first-order valence-electron chi connectivity index (χ1n) is 5.90. The molecule has 102 valence electrons. The van der Waals surface area contributed by atoms with Crippen LogP contribution in [0.4, 0.5) is 0 Å². The summed E-state index contributed by atoms with van der Waals surface area (Å²) in [6.45, 7) is 3.06. The number of nitrogens with two attached hydrogens (primary N) is 1. The van der Waals surface area contributed by atoms with Crippen LogP contribution in [0.25, 0.3) is 0 Å². The summed E-state index contributed by atoms with van der Waals surface area (Å²) in [6, 6.07) is 8.01. The average molecular weight is 336 g/mol. The minimum atomic E-state index is 0. The van der Waals surface area contributed by atoms with Crippen LogP contribution in [-0.2, 0) is 11.2 Å². The number of hydrogen-bond acceptors (Lipinski definition) is 2. The predicted octanol–water partition coefficient (Wildman–Crippen LogP) is 2.51. The molecule has 1 unspecified atom stereocenters. The monoisotopic (exact) mass is 334 g/mol. The largest absolute Gasteiger partial charge is 0.355 e. The molecule has 0 bridgehead atoms. The predicted molar refractivity (Wildman–Crippen MR) is 80.9 cm³/mol. The van der Waals surface area contributed by atoms with E-state index >= 15 is 0 Å². The summed E-state index contributed by atoms with van der Waals surface area (Å²) >= 11 is 3.50. The maximum absolute atomic E-state index is 11.9. The Hall–Kier alpha value is -0.580. The van der Waals surface area contributed by atoms with Gasteiger partial charge in [0.1, 0.15) is 0 Å². The first kappa shape index (κ1) is 17.4. The van der Waals surface area contributed by atoms with Gasteiger partial charge in [0.2, 0.25) is 5.91 Å². The lowest BCUT2D eigenvalue weighted by Gasteiger charge is -2.15. The van der Waals surface area contributed by atoms with Crippen molar-refractivity contribution in [1.29, 1.82) is 0 Å². The highest BCUT2D eigenvalue weighted by atomic mass is 79.9. The van der Waals surface area contributed by atoms with E-state index in [9.17, 15) is 4.79 Å². The van der Waals surface area contributed by atoms with Gasteiger partial charge in [0.15, 0.2) is 0 Å². The third-order valence-corrected chi connectivity index (χ3v) is 3.50. The zero-order valence-electron chi connectivity index (χ0n) is 10.5. The molecule has 18 heavy (non-hydrogen) atoms. The molecule has 0 heterocycles. The lowest BCUT2D eigenvalue weighted by molar-refractivity contribution is -0.125. The molecule has 0 spiro atoms. The van der Waals surface area contributed by atoms with Gasteiger partial charge in [0.05, 0.1) is 0 Å². The fourth-order valence-corrected chi connectivity index (χ4v) is 2.14. The van der Waals surface area contributed by atoms with Gasteiger partial charge >= 0.3 is 0 Å². The van der Waals surface area contributed by atoms with Crippen LogP contribution in [0.3, 0.4) is 0 Å². The van der Waals surface area contributed by atoms with E-state index in [0.717, 1.165) is 17.3 Å². The summed E-state index contributed by atoms with van der Waals surface area (Å²) in [5, 5.41) is 2.84. The van der Waals surface area contributed by atoms with Gasteiger partial charge in [-0.05, 0) is 24.5 Å². The number of carbonyl (C=O) groups is 1. The molecule has 3 N–H and O–H groups in total.